The molecule has 0 aromatic heterocycles. The smallest absolute Gasteiger partial charge is 0.410 e. The lowest BCUT2D eigenvalue weighted by atomic mass is 9.55. The minimum atomic E-state index is -1.46. The van der Waals surface area contributed by atoms with Crippen LogP contribution in [0.25, 0.3) is 0 Å². The van der Waals surface area contributed by atoms with Gasteiger partial charge in [0.2, 0.25) is 5.79 Å². The first-order chi connectivity index (χ1) is 28.2. The van der Waals surface area contributed by atoms with Crippen LogP contribution in [-0.4, -0.2) is 75.1 Å². The number of nitro groups is 1. The number of unbranched alkanes of at least 4 members (excludes halogenated alkanes) is 2. The molecule has 310 valence electrons. The summed E-state index contributed by atoms with van der Waals surface area (Å²) in [4.78, 5) is 33.0. The minimum absolute atomic E-state index is 0.000772. The molecular formula is C45H55N3O10. The van der Waals surface area contributed by atoms with E-state index in [0.29, 0.717) is 42.8 Å². The van der Waals surface area contributed by atoms with Gasteiger partial charge in [0.1, 0.15) is 30.8 Å². The molecule has 1 amide bonds. The largest absolute Gasteiger partial charge is 0.508 e. The molecule has 13 heteroatoms. The summed E-state index contributed by atoms with van der Waals surface area (Å²) in [5.74, 6) is -1.64. The Balaban J connectivity index is 1.51. The fourth-order valence-electron chi connectivity index (χ4n) is 8.97. The number of aromatic hydroxyl groups is 1. The molecule has 13 nitrogen and oxygen atoms in total. The Kier molecular flexibility index (Phi) is 14.6. The number of aliphatic hydroxyl groups excluding tert-OH is 2. The van der Waals surface area contributed by atoms with Gasteiger partial charge in [0.25, 0.3) is 5.69 Å². The average Bonchev–Trinajstić information content (AvgIpc) is 3.23. The highest BCUT2D eigenvalue weighted by atomic mass is 16.7. The van der Waals surface area contributed by atoms with Gasteiger partial charge >= 0.3 is 6.09 Å². The van der Waals surface area contributed by atoms with E-state index < -0.39 is 28.8 Å². The van der Waals surface area contributed by atoms with Gasteiger partial charge in [0.15, 0.2) is 0 Å². The van der Waals surface area contributed by atoms with Crippen molar-refractivity contribution in [1.29, 1.82) is 0 Å². The zero-order valence-corrected chi connectivity index (χ0v) is 33.1. The minimum Gasteiger partial charge on any atom is -0.508 e. The maximum absolute atomic E-state index is 14.4. The number of carbonyl (C=O) groups is 1. The van der Waals surface area contributed by atoms with Crippen molar-refractivity contribution in [3.05, 3.63) is 124 Å². The van der Waals surface area contributed by atoms with Crippen LogP contribution in [0.4, 0.5) is 10.5 Å². The third-order valence-electron chi connectivity index (χ3n) is 11.5. The second kappa shape index (κ2) is 20.0. The molecule has 0 bridgehead atoms. The summed E-state index contributed by atoms with van der Waals surface area (Å²) < 4.78 is 20.1. The third-order valence-corrected chi connectivity index (χ3v) is 11.5. The van der Waals surface area contributed by atoms with Crippen LogP contribution in [0.1, 0.15) is 80.9 Å². The monoisotopic (exact) mass is 797 g/mol. The van der Waals surface area contributed by atoms with Crippen molar-refractivity contribution in [2.75, 3.05) is 26.4 Å². The first-order valence-corrected chi connectivity index (χ1v) is 20.3. The summed E-state index contributed by atoms with van der Waals surface area (Å²) >= 11 is 0. The molecule has 6 unspecified atom stereocenters. The highest BCUT2D eigenvalue weighted by Gasteiger charge is 2.65. The van der Waals surface area contributed by atoms with Crippen LogP contribution in [0.2, 0.25) is 0 Å². The number of aliphatic hydroxyl groups is 2. The predicted molar refractivity (Wildman–Crippen MR) is 218 cm³/mol. The number of rotatable bonds is 20. The molecule has 0 spiro atoms. The topological polar surface area (TPSA) is 173 Å². The van der Waals surface area contributed by atoms with Gasteiger partial charge < -0.3 is 34.4 Å². The number of allylic oxidation sites excluding steroid dienone is 1. The van der Waals surface area contributed by atoms with E-state index in [-0.39, 0.29) is 68.6 Å². The van der Waals surface area contributed by atoms with Gasteiger partial charge in [0, 0.05) is 49.8 Å². The fourth-order valence-corrected chi connectivity index (χ4v) is 8.97. The quantitative estimate of drug-likeness (QED) is 0.0438. The summed E-state index contributed by atoms with van der Waals surface area (Å²) in [6, 6.07) is 19.9. The lowest BCUT2D eigenvalue weighted by molar-refractivity contribution is -0.384. The van der Waals surface area contributed by atoms with Crippen molar-refractivity contribution in [3.63, 3.8) is 0 Å². The molecule has 3 aromatic rings. The number of hydrogen-bond acceptors (Lipinski definition) is 11. The van der Waals surface area contributed by atoms with Gasteiger partial charge in [-0.05, 0) is 91.0 Å². The first kappa shape index (κ1) is 42.4. The Hall–Kier alpha value is -5.24. The maximum Gasteiger partial charge on any atom is 0.410 e. The van der Waals surface area contributed by atoms with E-state index in [0.717, 1.165) is 42.4 Å². The zero-order chi connectivity index (χ0) is 41.1. The van der Waals surface area contributed by atoms with Crippen LogP contribution < -0.4 is 4.74 Å². The van der Waals surface area contributed by atoms with E-state index in [4.69, 9.17) is 24.2 Å². The fraction of sp³-hybridized carbons (Fsp3) is 0.467. The van der Waals surface area contributed by atoms with Crippen LogP contribution in [-0.2, 0) is 27.5 Å². The second-order valence-corrected chi connectivity index (χ2v) is 15.2. The van der Waals surface area contributed by atoms with Gasteiger partial charge in [-0.15, -0.1) is 6.58 Å². The van der Waals surface area contributed by atoms with Crippen LogP contribution in [0.15, 0.2) is 102 Å². The zero-order valence-electron chi connectivity index (χ0n) is 33.1. The van der Waals surface area contributed by atoms with Crippen molar-refractivity contribution in [1.82, 2.24) is 4.90 Å². The summed E-state index contributed by atoms with van der Waals surface area (Å²) in [5.41, 5.74) is 3.77. The Morgan fingerprint density at radius 3 is 2.43 bits per heavy atom. The Bertz CT molecular complexity index is 1920. The molecule has 6 atom stereocenters. The van der Waals surface area contributed by atoms with E-state index >= 15 is 0 Å². The molecule has 3 N–H and O–H groups in total. The number of phenols is 1. The molecule has 58 heavy (non-hydrogen) atoms. The van der Waals surface area contributed by atoms with Crippen LogP contribution >= 0.6 is 0 Å². The van der Waals surface area contributed by atoms with Gasteiger partial charge in [0.05, 0.1) is 23.2 Å². The molecule has 6 rings (SSSR count). The molecule has 3 aromatic carbocycles. The van der Waals surface area contributed by atoms with Gasteiger partial charge in [-0.3, -0.25) is 15.0 Å². The number of benzene rings is 3. The normalized spacial score (nSPS) is 23.8. The Morgan fingerprint density at radius 1 is 1.02 bits per heavy atom. The van der Waals surface area contributed by atoms with Crippen LogP contribution in [0.5, 0.6) is 11.5 Å². The lowest BCUT2D eigenvalue weighted by Crippen LogP contribution is -2.70. The molecule has 0 radical (unpaired) electrons. The van der Waals surface area contributed by atoms with Gasteiger partial charge in [-0.2, -0.15) is 0 Å². The average molecular weight is 798 g/mol. The standard InChI is InChI=1S/C45H55N3O10/c1-3-22-47(44(52)55-29-31-12-6-5-7-13-31)41-28-39(46-57-30-32-16-18-34(19-17-32)48(53)54)37-26-33(14-8-10-23-49)36(15-9-11-24-50)42-38-27-35(51)20-21-40(38)58-45(41,43(37)42)56-25-4-2/h4-7,12-13,16-21,26-27,33,36,41-43,49-51H,2-3,8-11,14-15,22-25,28-30H2,1H3. The van der Waals surface area contributed by atoms with Crippen LogP contribution in [0.3, 0.4) is 0 Å². The molecule has 1 aliphatic heterocycles. The number of nitrogens with zero attached hydrogens (tertiary/aromatic N) is 3. The third kappa shape index (κ3) is 9.38. The second-order valence-electron chi connectivity index (χ2n) is 15.2. The molecule has 3 aliphatic rings. The Morgan fingerprint density at radius 2 is 1.74 bits per heavy atom. The number of carbonyl (C=O) groups excluding carboxylic acids is 1. The highest BCUT2D eigenvalue weighted by Crippen LogP contribution is 2.62. The van der Waals surface area contributed by atoms with Crippen molar-refractivity contribution in [2.45, 2.75) is 89.3 Å². The van der Waals surface area contributed by atoms with Crippen molar-refractivity contribution in [3.8, 4) is 11.5 Å². The predicted octanol–water partition coefficient (Wildman–Crippen LogP) is 8.18. The molecule has 1 fully saturated rings. The summed E-state index contributed by atoms with van der Waals surface area (Å²) in [7, 11) is 0. The van der Waals surface area contributed by atoms with E-state index in [1.807, 2.05) is 37.3 Å². The molecule has 1 heterocycles. The number of amides is 1. The van der Waals surface area contributed by atoms with Crippen molar-refractivity contribution >= 4 is 17.5 Å². The number of nitro benzene ring substituents is 1. The first-order valence-electron chi connectivity index (χ1n) is 20.3. The van der Waals surface area contributed by atoms with Gasteiger partial charge in [-0.25, -0.2) is 4.79 Å². The lowest BCUT2D eigenvalue weighted by Gasteiger charge is -2.59. The van der Waals surface area contributed by atoms with Crippen LogP contribution in [0, 0.1) is 27.9 Å². The van der Waals surface area contributed by atoms with E-state index in [1.165, 1.54) is 12.1 Å². The number of fused-ring (bicyclic) bond motifs is 2. The van der Waals surface area contributed by atoms with Crippen molar-refractivity contribution < 1.29 is 44.1 Å². The molecule has 0 saturated heterocycles. The van der Waals surface area contributed by atoms with E-state index in [9.17, 15) is 30.2 Å². The number of hydrogen-bond donors (Lipinski definition) is 3. The SMILES string of the molecule is C=CCOC12Oc3ccc(O)cc3C3C(CCCCO)C(CCCCO)C=C(C(=NOCc4ccc([N+](=O)[O-])cc4)CC1N(CCC)C(=O)OCc1ccccc1)C32. The van der Waals surface area contributed by atoms with Gasteiger partial charge in [-0.1, -0.05) is 67.4 Å². The number of phenolic OH excluding ortho intramolecular Hbond substituents is 1. The molecular weight excluding hydrogens is 743 g/mol. The number of oxime groups is 1. The number of non-ortho nitro benzene ring substituents is 1. The molecule has 2 aliphatic carbocycles. The molecule has 1 saturated carbocycles. The van der Waals surface area contributed by atoms with E-state index in [1.54, 1.807) is 41.3 Å². The summed E-state index contributed by atoms with van der Waals surface area (Å²) in [6.45, 7) is 6.63. The number of ether oxygens (including phenoxy) is 3. The Labute approximate surface area is 339 Å². The summed E-state index contributed by atoms with van der Waals surface area (Å²) in [5, 5.41) is 46.7. The summed E-state index contributed by atoms with van der Waals surface area (Å²) in [6.07, 6.45) is 8.50. The van der Waals surface area contributed by atoms with Crippen molar-refractivity contribution in [2.24, 2.45) is 22.9 Å². The maximum atomic E-state index is 14.4. The highest BCUT2D eigenvalue weighted by molar-refractivity contribution is 6.03. The van der Waals surface area contributed by atoms with E-state index in [2.05, 4.69) is 12.7 Å².